The zero-order valence-electron chi connectivity index (χ0n) is 15.0. The number of halogens is 4. The van der Waals surface area contributed by atoms with Crippen LogP contribution >= 0.6 is 50.7 Å². The van der Waals surface area contributed by atoms with Crippen molar-refractivity contribution in [2.75, 3.05) is 13.2 Å². The lowest BCUT2D eigenvalue weighted by molar-refractivity contribution is -0.189. The van der Waals surface area contributed by atoms with Gasteiger partial charge in [0.2, 0.25) is 5.79 Å². The van der Waals surface area contributed by atoms with E-state index in [0.29, 0.717) is 35.4 Å². The van der Waals surface area contributed by atoms with Gasteiger partial charge >= 0.3 is 0 Å². The molecule has 1 aromatic heterocycles. The standard InChI is InChI=1S/C20H16BrCl3N2O3/c21-13-1-3-14(4-2-13)27-9-15-10-28-20(29-15,11-26-8-7-25-12-26)16-5-6-17(22)19(24)18(16)23/h1-8,12,15H,9-11H2. The van der Waals surface area contributed by atoms with Crippen LogP contribution in [0.5, 0.6) is 5.75 Å². The molecule has 9 heteroatoms. The van der Waals surface area contributed by atoms with Crippen LogP contribution in [0.4, 0.5) is 0 Å². The monoisotopic (exact) mass is 516 g/mol. The fourth-order valence-electron chi connectivity index (χ4n) is 3.12. The van der Waals surface area contributed by atoms with E-state index < -0.39 is 5.79 Å². The van der Waals surface area contributed by atoms with Crippen molar-refractivity contribution in [3.63, 3.8) is 0 Å². The van der Waals surface area contributed by atoms with Crippen molar-refractivity contribution in [2.45, 2.75) is 18.4 Å². The summed E-state index contributed by atoms with van der Waals surface area (Å²) in [4.78, 5) is 4.09. The molecule has 0 amide bonds. The van der Waals surface area contributed by atoms with Crippen LogP contribution in [-0.2, 0) is 21.8 Å². The van der Waals surface area contributed by atoms with Gasteiger partial charge in [-0.2, -0.15) is 0 Å². The van der Waals surface area contributed by atoms with Gasteiger partial charge in [-0.05, 0) is 30.3 Å². The lowest BCUT2D eigenvalue weighted by Crippen LogP contribution is -2.34. The average molecular weight is 519 g/mol. The highest BCUT2D eigenvalue weighted by atomic mass is 79.9. The third kappa shape index (κ3) is 4.58. The van der Waals surface area contributed by atoms with Crippen LogP contribution in [0, 0.1) is 0 Å². The molecule has 1 aliphatic heterocycles. The molecule has 29 heavy (non-hydrogen) atoms. The van der Waals surface area contributed by atoms with E-state index in [2.05, 4.69) is 20.9 Å². The molecule has 152 valence electrons. The Morgan fingerprint density at radius 2 is 1.93 bits per heavy atom. The minimum Gasteiger partial charge on any atom is -0.491 e. The maximum Gasteiger partial charge on any atom is 0.215 e. The number of imidazole rings is 1. The zero-order valence-corrected chi connectivity index (χ0v) is 18.9. The third-order valence-corrected chi connectivity index (χ3v) is 6.33. The number of hydrogen-bond acceptors (Lipinski definition) is 4. The van der Waals surface area contributed by atoms with Crippen molar-refractivity contribution in [3.05, 3.63) is 80.2 Å². The highest BCUT2D eigenvalue weighted by Crippen LogP contribution is 2.44. The van der Waals surface area contributed by atoms with Gasteiger partial charge in [-0.15, -0.1) is 0 Å². The third-order valence-electron chi connectivity index (χ3n) is 4.50. The molecule has 2 atom stereocenters. The van der Waals surface area contributed by atoms with E-state index in [4.69, 9.17) is 49.0 Å². The molecular weight excluding hydrogens is 502 g/mol. The van der Waals surface area contributed by atoms with E-state index in [9.17, 15) is 0 Å². The minimum atomic E-state index is -1.14. The van der Waals surface area contributed by atoms with Gasteiger partial charge in [0.1, 0.15) is 18.5 Å². The Morgan fingerprint density at radius 3 is 2.66 bits per heavy atom. The van der Waals surface area contributed by atoms with Crippen molar-refractivity contribution in [2.24, 2.45) is 0 Å². The molecule has 0 aliphatic carbocycles. The first kappa shape index (κ1) is 21.0. The summed E-state index contributed by atoms with van der Waals surface area (Å²) in [5.74, 6) is -0.392. The Bertz CT molecular complexity index is 985. The molecule has 2 unspecified atom stereocenters. The summed E-state index contributed by atoms with van der Waals surface area (Å²) in [5.41, 5.74) is 0.605. The molecule has 0 spiro atoms. The highest BCUT2D eigenvalue weighted by molar-refractivity contribution is 9.10. The molecule has 0 bridgehead atoms. The van der Waals surface area contributed by atoms with Gasteiger partial charge in [0, 0.05) is 22.4 Å². The quantitative estimate of drug-likeness (QED) is 0.378. The predicted octanol–water partition coefficient (Wildman–Crippen LogP) is 5.95. The Kier molecular flexibility index (Phi) is 6.39. The van der Waals surface area contributed by atoms with E-state index in [1.807, 2.05) is 35.0 Å². The molecule has 0 saturated carbocycles. The average Bonchev–Trinajstić information content (AvgIpc) is 3.37. The Morgan fingerprint density at radius 1 is 1.14 bits per heavy atom. The van der Waals surface area contributed by atoms with Gasteiger partial charge in [-0.1, -0.05) is 56.8 Å². The summed E-state index contributed by atoms with van der Waals surface area (Å²) in [6.07, 6.45) is 4.90. The summed E-state index contributed by atoms with van der Waals surface area (Å²) in [6.45, 7) is 1.01. The maximum atomic E-state index is 6.51. The molecule has 1 fully saturated rings. The second-order valence-electron chi connectivity index (χ2n) is 6.53. The van der Waals surface area contributed by atoms with Crippen LogP contribution in [0.2, 0.25) is 15.1 Å². The first-order chi connectivity index (χ1) is 14.0. The molecule has 4 rings (SSSR count). The van der Waals surface area contributed by atoms with Gasteiger partial charge in [0.15, 0.2) is 0 Å². The molecule has 0 N–H and O–H groups in total. The largest absolute Gasteiger partial charge is 0.491 e. The fourth-order valence-corrected chi connectivity index (χ4v) is 4.06. The Hall–Kier alpha value is -1.28. The Balaban J connectivity index is 1.57. The molecular formula is C20H16BrCl3N2O3. The van der Waals surface area contributed by atoms with Crippen molar-refractivity contribution < 1.29 is 14.2 Å². The molecule has 0 radical (unpaired) electrons. The lowest BCUT2D eigenvalue weighted by atomic mass is 10.1. The van der Waals surface area contributed by atoms with Gasteiger partial charge in [0.05, 0.1) is 34.5 Å². The van der Waals surface area contributed by atoms with E-state index in [-0.39, 0.29) is 11.1 Å². The van der Waals surface area contributed by atoms with E-state index in [1.54, 1.807) is 24.7 Å². The smallest absolute Gasteiger partial charge is 0.215 e. The lowest BCUT2D eigenvalue weighted by Gasteiger charge is -2.30. The normalized spacial score (nSPS) is 21.4. The number of ether oxygens (including phenoxy) is 3. The van der Waals surface area contributed by atoms with Gasteiger partial charge in [0.25, 0.3) is 0 Å². The number of benzene rings is 2. The van der Waals surface area contributed by atoms with Crippen molar-refractivity contribution >= 4 is 50.7 Å². The minimum absolute atomic E-state index is 0.262. The Labute approximate surface area is 191 Å². The van der Waals surface area contributed by atoms with Crippen LogP contribution in [-0.4, -0.2) is 28.9 Å². The fraction of sp³-hybridized carbons (Fsp3) is 0.250. The first-order valence-corrected chi connectivity index (χ1v) is 10.7. The van der Waals surface area contributed by atoms with Gasteiger partial charge in [-0.25, -0.2) is 4.98 Å². The second kappa shape index (κ2) is 8.84. The zero-order chi connectivity index (χ0) is 20.4. The van der Waals surface area contributed by atoms with E-state index in [0.717, 1.165) is 10.2 Å². The van der Waals surface area contributed by atoms with Crippen molar-refractivity contribution in [3.8, 4) is 5.75 Å². The van der Waals surface area contributed by atoms with Gasteiger partial charge in [-0.3, -0.25) is 0 Å². The summed E-state index contributed by atoms with van der Waals surface area (Å²) in [7, 11) is 0. The second-order valence-corrected chi connectivity index (χ2v) is 8.61. The highest BCUT2D eigenvalue weighted by Gasteiger charge is 2.45. The summed E-state index contributed by atoms with van der Waals surface area (Å²) >= 11 is 22.3. The number of hydrogen-bond donors (Lipinski definition) is 0. The topological polar surface area (TPSA) is 45.5 Å². The van der Waals surface area contributed by atoms with Crippen LogP contribution in [0.3, 0.4) is 0 Å². The summed E-state index contributed by atoms with van der Waals surface area (Å²) in [5, 5.41) is 0.928. The van der Waals surface area contributed by atoms with Crippen LogP contribution in [0.15, 0.2) is 59.6 Å². The summed E-state index contributed by atoms with van der Waals surface area (Å²) in [6, 6.07) is 11.0. The van der Waals surface area contributed by atoms with Crippen LogP contribution in [0.1, 0.15) is 5.56 Å². The first-order valence-electron chi connectivity index (χ1n) is 8.77. The molecule has 1 aliphatic rings. The molecule has 1 saturated heterocycles. The van der Waals surface area contributed by atoms with Crippen molar-refractivity contribution in [1.82, 2.24) is 9.55 Å². The predicted molar refractivity (Wildman–Crippen MR) is 116 cm³/mol. The summed E-state index contributed by atoms with van der Waals surface area (Å²) < 4.78 is 21.2. The van der Waals surface area contributed by atoms with E-state index >= 15 is 0 Å². The molecule has 2 heterocycles. The van der Waals surface area contributed by atoms with Crippen molar-refractivity contribution in [1.29, 1.82) is 0 Å². The van der Waals surface area contributed by atoms with Crippen LogP contribution in [0.25, 0.3) is 0 Å². The maximum absolute atomic E-state index is 6.51. The molecule has 5 nitrogen and oxygen atoms in total. The number of aromatic nitrogens is 2. The van der Waals surface area contributed by atoms with Gasteiger partial charge < -0.3 is 18.8 Å². The van der Waals surface area contributed by atoms with E-state index in [1.165, 1.54) is 0 Å². The molecule has 2 aromatic carbocycles. The number of rotatable bonds is 6. The van der Waals surface area contributed by atoms with Crippen LogP contribution < -0.4 is 4.74 Å². The molecule has 3 aromatic rings. The SMILES string of the molecule is Clc1ccc(C2(Cn3ccnc3)OCC(COc3ccc(Br)cc3)O2)c(Cl)c1Cl. The number of nitrogens with zero attached hydrogens (tertiary/aromatic N) is 2.